The summed E-state index contributed by atoms with van der Waals surface area (Å²) in [6, 6.07) is 3.26. The van der Waals surface area contributed by atoms with Crippen molar-refractivity contribution >= 4 is 23.2 Å². The number of benzene rings is 1. The van der Waals surface area contributed by atoms with Gasteiger partial charge in [0.25, 0.3) is 0 Å². The number of alkyl halides is 6. The van der Waals surface area contributed by atoms with Crippen LogP contribution in [0.1, 0.15) is 20.8 Å². The number of nitrogens with one attached hydrogen (secondary N) is 1. The minimum Gasteiger partial charge on any atom is -0.326 e. The molecule has 1 N–H and O–H groups in total. The fourth-order valence-electron chi connectivity index (χ4n) is 1.15. The molecular formula is C15H13F8NO3. The summed E-state index contributed by atoms with van der Waals surface area (Å²) in [6.07, 6.45) is -11.5. The largest absolute Gasteiger partial charge is 0.458 e. The van der Waals surface area contributed by atoms with Crippen LogP contribution in [0, 0.1) is 17.0 Å². The second-order valence-corrected chi connectivity index (χ2v) is 5.99. The van der Waals surface area contributed by atoms with Crippen LogP contribution < -0.4 is 5.32 Å². The van der Waals surface area contributed by atoms with E-state index >= 15 is 0 Å². The smallest absolute Gasteiger partial charge is 0.326 e. The highest BCUT2D eigenvalue weighted by Gasteiger charge is 2.54. The van der Waals surface area contributed by atoms with Crippen molar-refractivity contribution in [3.8, 4) is 0 Å². The normalized spacial score (nSPS) is 12.0. The Bertz CT molecular complexity index is 693. The van der Waals surface area contributed by atoms with E-state index in [-0.39, 0.29) is 11.6 Å². The molecule has 0 aliphatic rings. The van der Waals surface area contributed by atoms with Crippen LogP contribution in [0.15, 0.2) is 18.2 Å². The Labute approximate surface area is 147 Å². The quantitative estimate of drug-likeness (QED) is 0.591. The lowest BCUT2D eigenvalue weighted by Gasteiger charge is -2.17. The lowest BCUT2D eigenvalue weighted by Crippen LogP contribution is -2.39. The van der Waals surface area contributed by atoms with Crippen LogP contribution in [0.25, 0.3) is 0 Å². The van der Waals surface area contributed by atoms with Crippen LogP contribution in [0.5, 0.6) is 0 Å². The first-order valence-corrected chi connectivity index (χ1v) is 6.86. The number of hydrogen-bond donors (Lipinski definition) is 1. The third kappa shape index (κ3) is 8.13. The van der Waals surface area contributed by atoms with Crippen molar-refractivity contribution in [1.29, 1.82) is 0 Å². The molecule has 0 fully saturated rings. The van der Waals surface area contributed by atoms with Gasteiger partial charge < -0.3 is 5.32 Å². The topological polar surface area (TPSA) is 63.2 Å². The Morgan fingerprint density at radius 1 is 0.778 bits per heavy atom. The second kappa shape index (κ2) is 8.44. The van der Waals surface area contributed by atoms with Gasteiger partial charge in [0, 0.05) is 17.2 Å². The number of hydrogen-bond acceptors (Lipinski definition) is 3. The number of rotatable bonds is 2. The summed E-state index contributed by atoms with van der Waals surface area (Å²) in [5.74, 6) is -8.95. The molecule has 1 aromatic carbocycles. The standard InChI is InChI=1S/C11H13F2NO.C4F6O2/c1-11(2,3)10(15)14-7-4-5-8(12)9(13)6-7;5-3(6,7)1(11)2(12)4(8,9)10/h4-6H,1-3H3,(H,14,15);. The molecule has 152 valence electrons. The fourth-order valence-corrected chi connectivity index (χ4v) is 1.15. The Morgan fingerprint density at radius 3 is 1.48 bits per heavy atom. The molecule has 27 heavy (non-hydrogen) atoms. The molecule has 0 aliphatic carbocycles. The molecule has 12 heteroatoms. The summed E-state index contributed by atoms with van der Waals surface area (Å²) < 4.78 is 92.3. The summed E-state index contributed by atoms with van der Waals surface area (Å²) in [6.45, 7) is 5.21. The maximum absolute atomic E-state index is 12.8. The van der Waals surface area contributed by atoms with Gasteiger partial charge in [-0.3, -0.25) is 14.4 Å². The minimum atomic E-state index is -5.77. The van der Waals surface area contributed by atoms with E-state index in [4.69, 9.17) is 0 Å². The fraction of sp³-hybridized carbons (Fsp3) is 0.400. The number of halogens is 8. The lowest BCUT2D eigenvalue weighted by molar-refractivity contribution is -0.193. The molecule has 0 bridgehead atoms. The molecular weight excluding hydrogens is 394 g/mol. The van der Waals surface area contributed by atoms with Gasteiger partial charge in [-0.05, 0) is 12.1 Å². The average Bonchev–Trinajstić information content (AvgIpc) is 2.47. The van der Waals surface area contributed by atoms with E-state index < -0.39 is 41.0 Å². The summed E-state index contributed by atoms with van der Waals surface area (Å²) in [7, 11) is 0. The van der Waals surface area contributed by atoms with E-state index in [0.717, 1.165) is 12.1 Å². The maximum Gasteiger partial charge on any atom is 0.458 e. The van der Waals surface area contributed by atoms with E-state index in [1.807, 2.05) is 0 Å². The number of Topliss-reactive ketones (excluding diaryl/α,β-unsaturated/α-hetero) is 2. The molecule has 0 saturated heterocycles. The van der Waals surface area contributed by atoms with Crippen molar-refractivity contribution in [3.63, 3.8) is 0 Å². The molecule has 0 atom stereocenters. The van der Waals surface area contributed by atoms with Crippen molar-refractivity contribution in [2.24, 2.45) is 5.41 Å². The number of carbonyl (C=O) groups excluding carboxylic acids is 3. The molecule has 0 unspecified atom stereocenters. The Hall–Kier alpha value is -2.53. The molecule has 0 saturated carbocycles. The van der Waals surface area contributed by atoms with Gasteiger partial charge in [0.05, 0.1) is 0 Å². The highest BCUT2D eigenvalue weighted by Crippen LogP contribution is 2.24. The third-order valence-corrected chi connectivity index (χ3v) is 2.58. The highest BCUT2D eigenvalue weighted by molar-refractivity contribution is 6.41. The summed E-state index contributed by atoms with van der Waals surface area (Å²) >= 11 is 0. The number of amides is 1. The monoisotopic (exact) mass is 407 g/mol. The molecule has 0 radical (unpaired) electrons. The van der Waals surface area contributed by atoms with Crippen molar-refractivity contribution in [2.45, 2.75) is 33.1 Å². The molecule has 4 nitrogen and oxygen atoms in total. The van der Waals surface area contributed by atoms with Crippen LogP contribution >= 0.6 is 0 Å². The average molecular weight is 407 g/mol. The van der Waals surface area contributed by atoms with Gasteiger partial charge in [-0.15, -0.1) is 0 Å². The number of anilines is 1. The van der Waals surface area contributed by atoms with Gasteiger partial charge >= 0.3 is 23.9 Å². The second-order valence-electron chi connectivity index (χ2n) is 5.99. The Balaban J connectivity index is 0.000000516. The summed E-state index contributed by atoms with van der Waals surface area (Å²) in [5, 5.41) is 2.50. The van der Waals surface area contributed by atoms with Crippen LogP contribution in [-0.4, -0.2) is 29.8 Å². The van der Waals surface area contributed by atoms with E-state index in [1.165, 1.54) is 6.07 Å². The van der Waals surface area contributed by atoms with Gasteiger partial charge in [0.2, 0.25) is 5.91 Å². The Morgan fingerprint density at radius 2 is 1.19 bits per heavy atom. The predicted octanol–water partition coefficient (Wildman–Crippen LogP) is 4.20. The number of carbonyl (C=O) groups is 3. The van der Waals surface area contributed by atoms with E-state index in [9.17, 15) is 49.5 Å². The molecule has 1 aromatic rings. The molecule has 0 aliphatic heterocycles. The first-order chi connectivity index (χ1) is 11.9. The minimum absolute atomic E-state index is 0.242. The zero-order valence-corrected chi connectivity index (χ0v) is 14.0. The van der Waals surface area contributed by atoms with Crippen molar-refractivity contribution in [1.82, 2.24) is 0 Å². The first-order valence-electron chi connectivity index (χ1n) is 6.86. The highest BCUT2D eigenvalue weighted by atomic mass is 19.4. The van der Waals surface area contributed by atoms with Crippen LogP contribution in [-0.2, 0) is 14.4 Å². The van der Waals surface area contributed by atoms with Crippen LogP contribution in [0.3, 0.4) is 0 Å². The van der Waals surface area contributed by atoms with Gasteiger partial charge in [-0.2, -0.15) is 26.3 Å². The molecule has 0 aromatic heterocycles. The van der Waals surface area contributed by atoms with Gasteiger partial charge in [-0.25, -0.2) is 8.78 Å². The van der Waals surface area contributed by atoms with E-state index in [1.54, 1.807) is 20.8 Å². The zero-order chi connectivity index (χ0) is 21.8. The molecule has 1 rings (SSSR count). The molecule has 0 spiro atoms. The van der Waals surface area contributed by atoms with Gasteiger partial charge in [-0.1, -0.05) is 20.8 Å². The Kier molecular flexibility index (Phi) is 7.65. The first kappa shape index (κ1) is 24.5. The van der Waals surface area contributed by atoms with Crippen LogP contribution in [0.4, 0.5) is 40.8 Å². The van der Waals surface area contributed by atoms with Gasteiger partial charge in [0.15, 0.2) is 11.6 Å². The van der Waals surface area contributed by atoms with E-state index in [2.05, 4.69) is 5.32 Å². The van der Waals surface area contributed by atoms with Crippen LogP contribution in [0.2, 0.25) is 0 Å². The third-order valence-electron chi connectivity index (χ3n) is 2.58. The molecule has 1 amide bonds. The predicted molar refractivity (Wildman–Crippen MR) is 76.6 cm³/mol. The van der Waals surface area contributed by atoms with Gasteiger partial charge in [0.1, 0.15) is 0 Å². The van der Waals surface area contributed by atoms with E-state index in [0.29, 0.717) is 0 Å². The lowest BCUT2D eigenvalue weighted by atomic mass is 9.95. The number of ketones is 2. The summed E-state index contributed by atoms with van der Waals surface area (Å²) in [4.78, 5) is 30.7. The van der Waals surface area contributed by atoms with Crippen molar-refractivity contribution in [2.75, 3.05) is 5.32 Å². The maximum atomic E-state index is 12.8. The van der Waals surface area contributed by atoms with Crippen molar-refractivity contribution < 1.29 is 49.5 Å². The zero-order valence-electron chi connectivity index (χ0n) is 14.0. The SMILES string of the molecule is CC(C)(C)C(=O)Nc1ccc(F)c(F)c1.O=C(C(=O)C(F)(F)F)C(F)(F)F. The molecule has 0 heterocycles. The van der Waals surface area contributed by atoms with Crippen molar-refractivity contribution in [3.05, 3.63) is 29.8 Å². The summed E-state index contributed by atoms with van der Waals surface area (Å²) in [5.41, 5.74) is -0.306.